The van der Waals surface area contributed by atoms with Crippen LogP contribution in [0.4, 0.5) is 5.13 Å². The maximum absolute atomic E-state index is 11.6. The van der Waals surface area contributed by atoms with Crippen molar-refractivity contribution in [3.8, 4) is 0 Å². The molecule has 0 spiro atoms. The Labute approximate surface area is 127 Å². The Kier molecular flexibility index (Phi) is 6.73. The minimum Gasteiger partial charge on any atom is -0.476 e. The van der Waals surface area contributed by atoms with Crippen molar-refractivity contribution in [3.05, 3.63) is 10.6 Å². The summed E-state index contributed by atoms with van der Waals surface area (Å²) in [4.78, 5) is 28.9. The van der Waals surface area contributed by atoms with E-state index in [4.69, 9.17) is 14.6 Å². The number of ketones is 1. The van der Waals surface area contributed by atoms with E-state index in [-0.39, 0.29) is 22.4 Å². The van der Waals surface area contributed by atoms with Crippen molar-refractivity contribution in [1.82, 2.24) is 4.98 Å². The number of nitrogens with zero attached hydrogens (tertiary/aromatic N) is 2. The summed E-state index contributed by atoms with van der Waals surface area (Å²) < 4.78 is 10.2. The van der Waals surface area contributed by atoms with E-state index in [9.17, 15) is 9.59 Å². The number of thiazole rings is 1. The van der Waals surface area contributed by atoms with Crippen molar-refractivity contribution in [3.63, 3.8) is 0 Å². The molecule has 8 heteroatoms. The lowest BCUT2D eigenvalue weighted by molar-refractivity contribution is 0.0687. The molecule has 0 aliphatic rings. The molecular formula is C13H20N2O5S. The van der Waals surface area contributed by atoms with Crippen LogP contribution in [0, 0.1) is 0 Å². The number of ether oxygens (including phenoxy) is 2. The van der Waals surface area contributed by atoms with Crippen molar-refractivity contribution in [2.75, 3.05) is 38.9 Å². The fourth-order valence-electron chi connectivity index (χ4n) is 1.84. The third kappa shape index (κ3) is 4.48. The van der Waals surface area contributed by atoms with Crippen LogP contribution in [0.2, 0.25) is 0 Å². The number of Topliss-reactive ketones (excluding diaryl/α,β-unsaturated/α-hetero) is 1. The normalized spacial score (nSPS) is 12.2. The Bertz CT molecular complexity index is 471. The van der Waals surface area contributed by atoms with E-state index in [0.717, 1.165) is 11.3 Å². The monoisotopic (exact) mass is 316 g/mol. The summed E-state index contributed by atoms with van der Waals surface area (Å²) in [6.07, 6.45) is 0. The molecule has 0 radical (unpaired) electrons. The number of hydrogen-bond acceptors (Lipinski definition) is 7. The molecule has 0 bridgehead atoms. The van der Waals surface area contributed by atoms with Crippen LogP contribution in [0.3, 0.4) is 0 Å². The minimum atomic E-state index is -1.20. The molecule has 1 aromatic rings. The van der Waals surface area contributed by atoms with Crippen LogP contribution in [0.1, 0.15) is 34.0 Å². The summed E-state index contributed by atoms with van der Waals surface area (Å²) >= 11 is 1.08. The third-order valence-corrected chi connectivity index (χ3v) is 4.05. The van der Waals surface area contributed by atoms with Crippen LogP contribution < -0.4 is 4.90 Å². The molecule has 1 heterocycles. The van der Waals surface area contributed by atoms with E-state index in [2.05, 4.69) is 4.98 Å². The number of carboxylic acid groups (broad SMARTS) is 1. The van der Waals surface area contributed by atoms with Crippen molar-refractivity contribution >= 4 is 28.2 Å². The number of rotatable bonds is 9. The molecule has 0 aliphatic heterocycles. The topological polar surface area (TPSA) is 89.0 Å². The summed E-state index contributed by atoms with van der Waals surface area (Å²) in [5.41, 5.74) is -0.200. The number of aromatic carboxylic acids is 1. The zero-order chi connectivity index (χ0) is 16.0. The van der Waals surface area contributed by atoms with Gasteiger partial charge in [-0.15, -0.1) is 0 Å². The highest BCUT2D eigenvalue weighted by Gasteiger charge is 2.25. The molecule has 0 saturated heterocycles. The zero-order valence-electron chi connectivity index (χ0n) is 12.6. The Balaban J connectivity index is 3.14. The molecule has 0 aromatic carbocycles. The van der Waals surface area contributed by atoms with Gasteiger partial charge >= 0.3 is 5.97 Å². The first-order chi connectivity index (χ1) is 9.92. The smallest absolute Gasteiger partial charge is 0.356 e. The van der Waals surface area contributed by atoms with E-state index in [1.165, 1.54) is 6.92 Å². The second kappa shape index (κ2) is 8.06. The molecule has 0 aliphatic carbocycles. The number of anilines is 1. The zero-order valence-corrected chi connectivity index (χ0v) is 13.4. The van der Waals surface area contributed by atoms with Gasteiger partial charge in [0.25, 0.3) is 0 Å². The first-order valence-electron chi connectivity index (χ1n) is 6.41. The molecule has 0 amide bonds. The van der Waals surface area contributed by atoms with Crippen molar-refractivity contribution in [2.45, 2.75) is 19.9 Å². The number of carboxylic acids is 1. The highest BCUT2D eigenvalue weighted by molar-refractivity contribution is 7.17. The standard InChI is InChI=1S/C13H20N2O5S/c1-8(7-20-4)15(5-6-19-3)13-14-10(12(17)18)11(21-13)9(2)16/h8H,5-7H2,1-4H3,(H,17,18). The van der Waals surface area contributed by atoms with Gasteiger partial charge in [-0.2, -0.15) is 0 Å². The lowest BCUT2D eigenvalue weighted by Crippen LogP contribution is -2.38. The maximum atomic E-state index is 11.6. The van der Waals surface area contributed by atoms with Crippen LogP contribution in [0.15, 0.2) is 0 Å². The average Bonchev–Trinajstić information content (AvgIpc) is 2.85. The predicted octanol–water partition coefficient (Wildman–Crippen LogP) is 1.53. The Hall–Kier alpha value is -1.51. The van der Waals surface area contributed by atoms with Crippen LogP contribution in [0.25, 0.3) is 0 Å². The van der Waals surface area contributed by atoms with E-state index < -0.39 is 5.97 Å². The fraction of sp³-hybridized carbons (Fsp3) is 0.615. The number of carbonyl (C=O) groups is 2. The van der Waals surface area contributed by atoms with Crippen LogP contribution >= 0.6 is 11.3 Å². The summed E-state index contributed by atoms with van der Waals surface area (Å²) in [6.45, 7) is 4.73. The van der Waals surface area contributed by atoms with Gasteiger partial charge in [0.1, 0.15) is 4.88 Å². The van der Waals surface area contributed by atoms with Gasteiger partial charge in [0.05, 0.1) is 19.3 Å². The Morgan fingerprint density at radius 1 is 1.38 bits per heavy atom. The number of methoxy groups -OCH3 is 2. The van der Waals surface area contributed by atoms with Gasteiger partial charge in [0, 0.05) is 27.7 Å². The number of carbonyl (C=O) groups excluding carboxylic acids is 1. The van der Waals surface area contributed by atoms with Gasteiger partial charge in [0.2, 0.25) is 0 Å². The van der Waals surface area contributed by atoms with Gasteiger partial charge in [-0.25, -0.2) is 9.78 Å². The molecular weight excluding hydrogens is 296 g/mol. The molecule has 1 unspecified atom stereocenters. The molecule has 1 atom stereocenters. The molecule has 7 nitrogen and oxygen atoms in total. The SMILES string of the molecule is COCCN(c1nc(C(=O)O)c(C(C)=O)s1)C(C)COC. The first-order valence-corrected chi connectivity index (χ1v) is 7.23. The van der Waals surface area contributed by atoms with Crippen LogP contribution in [-0.2, 0) is 9.47 Å². The van der Waals surface area contributed by atoms with Gasteiger partial charge in [-0.05, 0) is 6.92 Å². The Morgan fingerprint density at radius 2 is 2.05 bits per heavy atom. The minimum absolute atomic E-state index is 0.0160. The van der Waals surface area contributed by atoms with Gasteiger partial charge < -0.3 is 19.5 Å². The highest BCUT2D eigenvalue weighted by atomic mass is 32.1. The lowest BCUT2D eigenvalue weighted by atomic mass is 10.3. The fourth-order valence-corrected chi connectivity index (χ4v) is 2.92. The van der Waals surface area contributed by atoms with Crippen LogP contribution in [0.5, 0.6) is 0 Å². The van der Waals surface area contributed by atoms with Gasteiger partial charge in [0.15, 0.2) is 16.6 Å². The lowest BCUT2D eigenvalue weighted by Gasteiger charge is -2.28. The average molecular weight is 316 g/mol. The summed E-state index contributed by atoms with van der Waals surface area (Å²) in [5, 5.41) is 9.64. The Morgan fingerprint density at radius 3 is 2.48 bits per heavy atom. The molecule has 1 rings (SSSR count). The van der Waals surface area contributed by atoms with Crippen molar-refractivity contribution < 1.29 is 24.2 Å². The predicted molar refractivity (Wildman–Crippen MR) is 79.6 cm³/mol. The van der Waals surface area contributed by atoms with E-state index >= 15 is 0 Å². The first kappa shape index (κ1) is 17.5. The molecule has 1 aromatic heterocycles. The van der Waals surface area contributed by atoms with Gasteiger partial charge in [-0.1, -0.05) is 11.3 Å². The molecule has 0 fully saturated rings. The van der Waals surface area contributed by atoms with E-state index in [1.54, 1.807) is 14.2 Å². The van der Waals surface area contributed by atoms with Crippen molar-refractivity contribution in [2.24, 2.45) is 0 Å². The van der Waals surface area contributed by atoms with E-state index in [0.29, 0.717) is 24.9 Å². The molecule has 118 valence electrons. The second-order valence-corrected chi connectivity index (χ2v) is 5.50. The maximum Gasteiger partial charge on any atom is 0.356 e. The van der Waals surface area contributed by atoms with Gasteiger partial charge in [-0.3, -0.25) is 4.79 Å². The second-order valence-electron chi connectivity index (χ2n) is 4.53. The quantitative estimate of drug-likeness (QED) is 0.691. The third-order valence-electron chi connectivity index (χ3n) is 2.86. The molecule has 0 saturated carbocycles. The van der Waals surface area contributed by atoms with Crippen LogP contribution in [-0.4, -0.2) is 61.9 Å². The number of hydrogen-bond donors (Lipinski definition) is 1. The highest BCUT2D eigenvalue weighted by Crippen LogP contribution is 2.28. The summed E-state index contributed by atoms with van der Waals surface area (Å²) in [7, 11) is 3.18. The van der Waals surface area contributed by atoms with Crippen molar-refractivity contribution in [1.29, 1.82) is 0 Å². The van der Waals surface area contributed by atoms with E-state index in [1.807, 2.05) is 11.8 Å². The molecule has 21 heavy (non-hydrogen) atoms. The number of aromatic nitrogens is 1. The summed E-state index contributed by atoms with van der Waals surface area (Å²) in [5.74, 6) is -1.50. The largest absolute Gasteiger partial charge is 0.476 e. The molecule has 1 N–H and O–H groups in total. The summed E-state index contributed by atoms with van der Waals surface area (Å²) in [6, 6.07) is -0.0160.